The molecule has 3 aromatic rings. The van der Waals surface area contributed by atoms with E-state index in [9.17, 15) is 22.8 Å². The summed E-state index contributed by atoms with van der Waals surface area (Å²) in [7, 11) is 1.98. The van der Waals surface area contributed by atoms with Crippen molar-refractivity contribution in [1.29, 1.82) is 0 Å². The van der Waals surface area contributed by atoms with Crippen molar-refractivity contribution in [2.24, 2.45) is 0 Å². The first kappa shape index (κ1) is 27.1. The molecule has 1 saturated heterocycles. The maximum atomic E-state index is 13.9. The number of aryl methyl sites for hydroxylation is 1. The second-order valence-corrected chi connectivity index (χ2v) is 9.36. The van der Waals surface area contributed by atoms with Crippen LogP contribution < -0.4 is 16.4 Å². The fourth-order valence-electron chi connectivity index (χ4n) is 4.14. The summed E-state index contributed by atoms with van der Waals surface area (Å²) >= 11 is 0. The Morgan fingerprint density at radius 2 is 1.63 bits per heavy atom. The number of rotatable bonds is 6. The van der Waals surface area contributed by atoms with Gasteiger partial charge in [0.15, 0.2) is 0 Å². The number of carbonyl (C=O) groups excluding carboxylic acids is 2. The Balaban J connectivity index is 1.50. The van der Waals surface area contributed by atoms with E-state index in [4.69, 9.17) is 5.73 Å². The lowest BCUT2D eigenvalue weighted by Gasteiger charge is -2.33. The minimum Gasteiger partial charge on any atom is -0.384 e. The van der Waals surface area contributed by atoms with E-state index in [1.807, 2.05) is 11.9 Å². The monoisotopic (exact) mass is 526 g/mol. The SMILES string of the molecule is Cc1ccc(C(=O)Nc2ccc(CN3CCN(C)CC3)c(C(F)(F)F)c2)cc1NC(=O)c1ccc(N)nc1. The van der Waals surface area contributed by atoms with Gasteiger partial charge in [-0.1, -0.05) is 12.1 Å². The lowest BCUT2D eigenvalue weighted by molar-refractivity contribution is -0.138. The van der Waals surface area contributed by atoms with Gasteiger partial charge < -0.3 is 21.3 Å². The van der Waals surface area contributed by atoms with Crippen molar-refractivity contribution in [1.82, 2.24) is 14.8 Å². The molecule has 4 rings (SSSR count). The van der Waals surface area contributed by atoms with Crippen LogP contribution in [0, 0.1) is 6.92 Å². The second kappa shape index (κ2) is 11.2. The molecule has 200 valence electrons. The molecular weight excluding hydrogens is 497 g/mol. The number of amides is 2. The van der Waals surface area contributed by atoms with Crippen molar-refractivity contribution in [2.75, 3.05) is 49.6 Å². The smallest absolute Gasteiger partial charge is 0.384 e. The number of nitrogens with one attached hydrogen (secondary N) is 2. The largest absolute Gasteiger partial charge is 0.416 e. The predicted octanol–water partition coefficient (Wildman–Crippen LogP) is 4.24. The van der Waals surface area contributed by atoms with Crippen LogP contribution in [0.5, 0.6) is 0 Å². The standard InChI is InChI=1S/C27H29F3N6O2/c1-17-3-4-18(13-23(17)34-26(38)19-6-8-24(31)32-15-19)25(37)33-21-7-5-20(22(14-21)27(28,29)30)16-36-11-9-35(2)10-12-36/h3-8,13-15H,9-12,16H2,1-2H3,(H2,31,32)(H,33,37)(H,34,38). The maximum absolute atomic E-state index is 13.9. The van der Waals surface area contributed by atoms with Gasteiger partial charge in [-0.3, -0.25) is 14.5 Å². The van der Waals surface area contributed by atoms with Gasteiger partial charge >= 0.3 is 6.18 Å². The highest BCUT2D eigenvalue weighted by Crippen LogP contribution is 2.35. The highest BCUT2D eigenvalue weighted by molar-refractivity contribution is 6.07. The molecule has 2 amide bonds. The molecular formula is C27H29F3N6O2. The van der Waals surface area contributed by atoms with Crippen LogP contribution in [0.15, 0.2) is 54.7 Å². The average Bonchev–Trinajstić information content (AvgIpc) is 2.87. The zero-order valence-corrected chi connectivity index (χ0v) is 21.1. The molecule has 0 atom stereocenters. The number of nitrogens with two attached hydrogens (primary N) is 1. The summed E-state index contributed by atoms with van der Waals surface area (Å²) in [5.41, 5.74) is 6.52. The lowest BCUT2D eigenvalue weighted by Crippen LogP contribution is -2.44. The summed E-state index contributed by atoms with van der Waals surface area (Å²) in [5, 5.41) is 5.28. The van der Waals surface area contributed by atoms with E-state index in [-0.39, 0.29) is 34.7 Å². The number of nitrogens with zero attached hydrogens (tertiary/aromatic N) is 3. The Labute approximate surface area is 218 Å². The highest BCUT2D eigenvalue weighted by atomic mass is 19.4. The van der Waals surface area contributed by atoms with Crippen molar-refractivity contribution in [3.63, 3.8) is 0 Å². The van der Waals surface area contributed by atoms with Gasteiger partial charge in [0, 0.05) is 55.9 Å². The third-order valence-corrected chi connectivity index (χ3v) is 6.46. The van der Waals surface area contributed by atoms with Crippen molar-refractivity contribution < 1.29 is 22.8 Å². The molecule has 1 aliphatic heterocycles. The molecule has 2 aromatic carbocycles. The minimum atomic E-state index is -4.57. The van der Waals surface area contributed by atoms with E-state index in [0.717, 1.165) is 19.2 Å². The first-order chi connectivity index (χ1) is 18.0. The average molecular weight is 527 g/mol. The first-order valence-electron chi connectivity index (χ1n) is 12.1. The molecule has 8 nitrogen and oxygen atoms in total. The van der Waals surface area contributed by atoms with Crippen LogP contribution in [-0.4, -0.2) is 59.8 Å². The first-order valence-corrected chi connectivity index (χ1v) is 12.1. The van der Waals surface area contributed by atoms with Gasteiger partial charge in [0.2, 0.25) is 0 Å². The van der Waals surface area contributed by atoms with Crippen molar-refractivity contribution in [3.8, 4) is 0 Å². The minimum absolute atomic E-state index is 0.0311. The molecule has 0 unspecified atom stereocenters. The number of anilines is 3. The number of aromatic nitrogens is 1. The molecule has 1 fully saturated rings. The fraction of sp³-hybridized carbons (Fsp3) is 0.296. The molecule has 0 aliphatic carbocycles. The number of carbonyl (C=O) groups is 2. The molecule has 0 bridgehead atoms. The van der Waals surface area contributed by atoms with E-state index in [1.165, 1.54) is 42.6 Å². The summed E-state index contributed by atoms with van der Waals surface area (Å²) < 4.78 is 41.7. The van der Waals surface area contributed by atoms with Crippen LogP contribution in [0.2, 0.25) is 0 Å². The molecule has 2 heterocycles. The van der Waals surface area contributed by atoms with E-state index in [1.54, 1.807) is 13.0 Å². The van der Waals surface area contributed by atoms with Gasteiger partial charge in [0.05, 0.1) is 11.1 Å². The summed E-state index contributed by atoms with van der Waals surface area (Å²) in [5.74, 6) is -0.768. The Morgan fingerprint density at radius 3 is 2.29 bits per heavy atom. The molecule has 38 heavy (non-hydrogen) atoms. The number of alkyl halides is 3. The van der Waals surface area contributed by atoms with Crippen molar-refractivity contribution in [3.05, 3.63) is 82.5 Å². The number of piperazine rings is 1. The van der Waals surface area contributed by atoms with Gasteiger partial charge in [0.1, 0.15) is 5.82 Å². The third-order valence-electron chi connectivity index (χ3n) is 6.46. The van der Waals surface area contributed by atoms with Gasteiger partial charge in [-0.2, -0.15) is 13.2 Å². The van der Waals surface area contributed by atoms with Gasteiger partial charge in [-0.25, -0.2) is 4.98 Å². The quantitative estimate of drug-likeness (QED) is 0.444. The molecule has 0 spiro atoms. The Morgan fingerprint density at radius 1 is 0.947 bits per heavy atom. The summed E-state index contributed by atoms with van der Waals surface area (Å²) in [6.07, 6.45) is -3.23. The van der Waals surface area contributed by atoms with Crippen LogP contribution in [0.4, 0.5) is 30.4 Å². The molecule has 1 aliphatic rings. The Hall–Kier alpha value is -3.96. The molecule has 0 radical (unpaired) electrons. The molecule has 1 aromatic heterocycles. The lowest BCUT2D eigenvalue weighted by atomic mass is 10.0. The summed E-state index contributed by atoms with van der Waals surface area (Å²) in [4.78, 5) is 33.5. The van der Waals surface area contributed by atoms with Gasteiger partial charge in [0.25, 0.3) is 11.8 Å². The number of nitrogen functional groups attached to an aromatic ring is 1. The maximum Gasteiger partial charge on any atom is 0.416 e. The molecule has 4 N–H and O–H groups in total. The third kappa shape index (κ3) is 6.67. The van der Waals surface area contributed by atoms with Crippen molar-refractivity contribution in [2.45, 2.75) is 19.6 Å². The zero-order valence-electron chi connectivity index (χ0n) is 21.1. The number of pyridine rings is 1. The van der Waals surface area contributed by atoms with E-state index in [2.05, 4.69) is 20.5 Å². The van der Waals surface area contributed by atoms with Gasteiger partial charge in [-0.15, -0.1) is 0 Å². The number of halogens is 3. The summed E-state index contributed by atoms with van der Waals surface area (Å²) in [6, 6.07) is 11.5. The number of likely N-dealkylation sites (N-methyl/N-ethyl adjacent to an activating group) is 1. The number of benzene rings is 2. The van der Waals surface area contributed by atoms with Crippen LogP contribution in [0.1, 0.15) is 37.4 Å². The van der Waals surface area contributed by atoms with E-state index >= 15 is 0 Å². The topological polar surface area (TPSA) is 104 Å². The Bertz CT molecular complexity index is 1320. The zero-order chi connectivity index (χ0) is 27.4. The highest BCUT2D eigenvalue weighted by Gasteiger charge is 2.34. The van der Waals surface area contributed by atoms with Gasteiger partial charge in [-0.05, 0) is 61.5 Å². The molecule has 0 saturated carbocycles. The van der Waals surface area contributed by atoms with E-state index < -0.39 is 23.6 Å². The molecule has 11 heteroatoms. The fourth-order valence-corrected chi connectivity index (χ4v) is 4.14. The Kier molecular flexibility index (Phi) is 7.98. The van der Waals surface area contributed by atoms with Crippen LogP contribution >= 0.6 is 0 Å². The summed E-state index contributed by atoms with van der Waals surface area (Å²) in [6.45, 7) is 4.91. The number of hydrogen-bond donors (Lipinski definition) is 3. The second-order valence-electron chi connectivity index (χ2n) is 9.36. The normalized spacial score (nSPS) is 14.8. The van der Waals surface area contributed by atoms with Crippen molar-refractivity contribution >= 4 is 29.0 Å². The van der Waals surface area contributed by atoms with Crippen LogP contribution in [-0.2, 0) is 12.7 Å². The number of hydrogen-bond acceptors (Lipinski definition) is 6. The van der Waals surface area contributed by atoms with Crippen LogP contribution in [0.25, 0.3) is 0 Å². The van der Waals surface area contributed by atoms with E-state index in [0.29, 0.717) is 24.3 Å². The predicted molar refractivity (Wildman–Crippen MR) is 140 cm³/mol. The van der Waals surface area contributed by atoms with Crippen LogP contribution in [0.3, 0.4) is 0 Å².